The van der Waals surface area contributed by atoms with Crippen molar-refractivity contribution >= 4 is 0 Å². The quantitative estimate of drug-likeness (QED) is 0.818. The van der Waals surface area contributed by atoms with Crippen LogP contribution in [0.3, 0.4) is 0 Å². The minimum atomic E-state index is -0.558. The van der Waals surface area contributed by atoms with Gasteiger partial charge in [-0.1, -0.05) is 0 Å². The molecule has 0 aliphatic carbocycles. The maximum atomic E-state index is 10.3. The maximum absolute atomic E-state index is 10.3. The number of nitrogens with zero attached hydrogens (tertiary/aromatic N) is 5. The Morgan fingerprint density at radius 2 is 2.21 bits per heavy atom. The van der Waals surface area contributed by atoms with Gasteiger partial charge in [0.05, 0.1) is 18.2 Å². The number of ether oxygens (including phenoxy) is 1. The summed E-state index contributed by atoms with van der Waals surface area (Å²) in [6.45, 7) is 2.59. The van der Waals surface area contributed by atoms with Crippen molar-refractivity contribution in [2.75, 3.05) is 19.7 Å². The average Bonchev–Trinajstić information content (AvgIpc) is 3.26. The van der Waals surface area contributed by atoms with Crippen molar-refractivity contribution in [2.24, 2.45) is 0 Å². The molecule has 1 aromatic carbocycles. The highest BCUT2D eigenvalue weighted by Gasteiger charge is 2.26. The summed E-state index contributed by atoms with van der Waals surface area (Å²) >= 11 is 0. The van der Waals surface area contributed by atoms with Gasteiger partial charge in [-0.3, -0.25) is 9.58 Å². The van der Waals surface area contributed by atoms with Crippen molar-refractivity contribution in [1.82, 2.24) is 19.7 Å². The van der Waals surface area contributed by atoms with E-state index in [-0.39, 0.29) is 6.61 Å². The van der Waals surface area contributed by atoms with Crippen LogP contribution >= 0.6 is 0 Å². The van der Waals surface area contributed by atoms with Crippen molar-refractivity contribution in [3.8, 4) is 11.8 Å². The minimum absolute atomic E-state index is 0.235. The van der Waals surface area contributed by atoms with Crippen LogP contribution in [0, 0.1) is 11.3 Å². The third-order valence-electron chi connectivity index (χ3n) is 4.23. The fourth-order valence-electron chi connectivity index (χ4n) is 3.03. The Morgan fingerprint density at radius 1 is 1.38 bits per heavy atom. The molecule has 0 radical (unpaired) electrons. The fraction of sp³-hybridized carbons (Fsp3) is 0.471. The van der Waals surface area contributed by atoms with E-state index in [1.807, 2.05) is 4.68 Å². The molecule has 126 valence electrons. The molecule has 1 aromatic heterocycles. The first-order valence-electron chi connectivity index (χ1n) is 8.12. The van der Waals surface area contributed by atoms with E-state index in [1.165, 1.54) is 0 Å². The lowest BCUT2D eigenvalue weighted by molar-refractivity contribution is 0.0609. The molecule has 0 spiro atoms. The number of β-amino-alcohol motifs (C(OH)–C–C–N with tert-alkyl or cyclic N) is 1. The summed E-state index contributed by atoms with van der Waals surface area (Å²) < 4.78 is 7.44. The zero-order valence-corrected chi connectivity index (χ0v) is 13.5. The standard InChI is InChI=1S/C17H21N5O2/c18-8-14-3-5-17(6-4-14)24-11-16(23)10-21-7-1-2-15(21)9-22-13-19-12-20-22/h3-6,12-13,15-16,23H,1-2,7,9-11H2/t15-,16+/m1/s1. The predicted octanol–water partition coefficient (Wildman–Crippen LogP) is 1.05. The van der Waals surface area contributed by atoms with Crippen LogP contribution in [0.4, 0.5) is 0 Å². The average molecular weight is 327 g/mol. The van der Waals surface area contributed by atoms with Crippen molar-refractivity contribution in [2.45, 2.75) is 31.5 Å². The summed E-state index contributed by atoms with van der Waals surface area (Å²) in [5.74, 6) is 0.661. The van der Waals surface area contributed by atoms with Crippen LogP contribution in [0.2, 0.25) is 0 Å². The Hall–Kier alpha value is -2.43. The molecule has 1 aliphatic rings. The molecule has 24 heavy (non-hydrogen) atoms. The highest BCUT2D eigenvalue weighted by Crippen LogP contribution is 2.19. The molecule has 2 atom stereocenters. The molecule has 3 rings (SSSR count). The highest BCUT2D eigenvalue weighted by molar-refractivity contribution is 5.34. The molecule has 0 bridgehead atoms. The number of aliphatic hydroxyl groups excluding tert-OH is 1. The fourth-order valence-corrected chi connectivity index (χ4v) is 3.03. The van der Waals surface area contributed by atoms with Gasteiger partial charge in [-0.05, 0) is 43.7 Å². The monoisotopic (exact) mass is 327 g/mol. The van der Waals surface area contributed by atoms with Crippen LogP contribution < -0.4 is 4.74 Å². The summed E-state index contributed by atoms with van der Waals surface area (Å²) in [6, 6.07) is 9.34. The minimum Gasteiger partial charge on any atom is -0.491 e. The Kier molecular flexibility index (Phi) is 5.41. The van der Waals surface area contributed by atoms with Gasteiger partial charge < -0.3 is 9.84 Å². The van der Waals surface area contributed by atoms with E-state index in [0.29, 0.717) is 23.9 Å². The van der Waals surface area contributed by atoms with Crippen molar-refractivity contribution in [1.29, 1.82) is 5.26 Å². The molecule has 0 unspecified atom stereocenters. The lowest BCUT2D eigenvalue weighted by Gasteiger charge is -2.26. The summed E-state index contributed by atoms with van der Waals surface area (Å²) in [5.41, 5.74) is 0.593. The number of hydrogen-bond acceptors (Lipinski definition) is 6. The highest BCUT2D eigenvalue weighted by atomic mass is 16.5. The summed E-state index contributed by atoms with van der Waals surface area (Å²) in [7, 11) is 0. The van der Waals surface area contributed by atoms with Crippen LogP contribution in [0.1, 0.15) is 18.4 Å². The molecule has 1 fully saturated rings. The number of likely N-dealkylation sites (tertiary alicyclic amines) is 1. The zero-order valence-electron chi connectivity index (χ0n) is 13.5. The topological polar surface area (TPSA) is 87.2 Å². The number of aliphatic hydroxyl groups is 1. The largest absolute Gasteiger partial charge is 0.491 e. The van der Waals surface area contributed by atoms with Crippen LogP contribution in [0.15, 0.2) is 36.9 Å². The van der Waals surface area contributed by atoms with E-state index in [2.05, 4.69) is 21.1 Å². The molecule has 7 heteroatoms. The van der Waals surface area contributed by atoms with Crippen molar-refractivity contribution in [3.63, 3.8) is 0 Å². The molecule has 0 saturated carbocycles. The number of hydrogen-bond donors (Lipinski definition) is 1. The van der Waals surface area contributed by atoms with E-state index in [1.54, 1.807) is 36.9 Å². The number of aromatic nitrogens is 3. The van der Waals surface area contributed by atoms with Crippen LogP contribution in [-0.2, 0) is 6.54 Å². The molecule has 2 heterocycles. The second-order valence-electron chi connectivity index (χ2n) is 6.01. The van der Waals surface area contributed by atoms with Crippen LogP contribution in [0.25, 0.3) is 0 Å². The Balaban J connectivity index is 1.46. The Morgan fingerprint density at radius 3 is 2.92 bits per heavy atom. The molecular weight excluding hydrogens is 306 g/mol. The van der Waals surface area contributed by atoms with Gasteiger partial charge in [0.25, 0.3) is 0 Å². The maximum Gasteiger partial charge on any atom is 0.137 e. The second kappa shape index (κ2) is 7.90. The third-order valence-corrected chi connectivity index (χ3v) is 4.23. The zero-order chi connectivity index (χ0) is 16.8. The van der Waals surface area contributed by atoms with Gasteiger partial charge in [-0.2, -0.15) is 10.4 Å². The molecule has 1 saturated heterocycles. The van der Waals surface area contributed by atoms with E-state index in [9.17, 15) is 5.11 Å². The molecule has 1 aliphatic heterocycles. The Labute approximate surface area is 141 Å². The van der Waals surface area contributed by atoms with Gasteiger partial charge in [0, 0.05) is 12.6 Å². The Bertz CT molecular complexity index is 665. The van der Waals surface area contributed by atoms with Gasteiger partial charge in [0.15, 0.2) is 0 Å². The molecular formula is C17H21N5O2. The van der Waals surface area contributed by atoms with Gasteiger partial charge in [-0.15, -0.1) is 0 Å². The predicted molar refractivity (Wildman–Crippen MR) is 87.3 cm³/mol. The van der Waals surface area contributed by atoms with E-state index < -0.39 is 6.10 Å². The third kappa shape index (κ3) is 4.31. The van der Waals surface area contributed by atoms with Crippen molar-refractivity contribution in [3.05, 3.63) is 42.5 Å². The van der Waals surface area contributed by atoms with Crippen molar-refractivity contribution < 1.29 is 9.84 Å². The SMILES string of the molecule is N#Cc1ccc(OC[C@@H](O)CN2CCC[C@@H]2Cn2cncn2)cc1. The summed E-state index contributed by atoms with van der Waals surface area (Å²) in [6.07, 6.45) is 4.93. The number of nitriles is 1. The number of rotatable bonds is 7. The normalized spacial score (nSPS) is 19.1. The van der Waals surface area contributed by atoms with Gasteiger partial charge in [-0.25, -0.2) is 4.98 Å². The summed E-state index contributed by atoms with van der Waals surface area (Å²) in [5, 5.41) is 23.2. The first-order valence-corrected chi connectivity index (χ1v) is 8.12. The molecule has 7 nitrogen and oxygen atoms in total. The molecule has 2 aromatic rings. The van der Waals surface area contributed by atoms with Crippen LogP contribution in [-0.4, -0.2) is 56.6 Å². The number of benzene rings is 1. The lowest BCUT2D eigenvalue weighted by Crippen LogP contribution is -2.40. The van der Waals surface area contributed by atoms with Gasteiger partial charge in [0.1, 0.15) is 31.1 Å². The van der Waals surface area contributed by atoms with E-state index in [0.717, 1.165) is 25.9 Å². The molecule has 0 amide bonds. The van der Waals surface area contributed by atoms with Gasteiger partial charge in [0.2, 0.25) is 0 Å². The smallest absolute Gasteiger partial charge is 0.137 e. The van der Waals surface area contributed by atoms with E-state index in [4.69, 9.17) is 10.00 Å². The lowest BCUT2D eigenvalue weighted by atomic mass is 10.2. The van der Waals surface area contributed by atoms with E-state index >= 15 is 0 Å². The second-order valence-corrected chi connectivity index (χ2v) is 6.01. The first kappa shape index (κ1) is 16.4. The molecule has 1 N–H and O–H groups in total. The van der Waals surface area contributed by atoms with Gasteiger partial charge >= 0.3 is 0 Å². The summed E-state index contributed by atoms with van der Waals surface area (Å²) in [4.78, 5) is 6.26. The first-order chi connectivity index (χ1) is 11.7. The van der Waals surface area contributed by atoms with Crippen LogP contribution in [0.5, 0.6) is 5.75 Å².